The minimum absolute atomic E-state index is 0.187. The summed E-state index contributed by atoms with van der Waals surface area (Å²) in [6, 6.07) is 0.263. The molecule has 0 fully saturated rings. The summed E-state index contributed by atoms with van der Waals surface area (Å²) in [4.78, 5) is 0. The first-order chi connectivity index (χ1) is 5.87. The van der Waals surface area contributed by atoms with Crippen molar-refractivity contribution in [2.75, 3.05) is 24.4 Å². The summed E-state index contributed by atoms with van der Waals surface area (Å²) in [5.74, 6) is 1.14. The summed E-state index contributed by atoms with van der Waals surface area (Å²) < 4.78 is 21.6. The third kappa shape index (κ3) is 7.28. The van der Waals surface area contributed by atoms with Crippen molar-refractivity contribution < 1.29 is 8.42 Å². The Balaban J connectivity index is 3.65. The second-order valence-corrected chi connectivity index (χ2v) is 6.07. The lowest BCUT2D eigenvalue weighted by molar-refractivity contribution is 0.441. The van der Waals surface area contributed by atoms with Gasteiger partial charge in [-0.3, -0.25) is 0 Å². The van der Waals surface area contributed by atoms with Crippen LogP contribution in [0.1, 0.15) is 13.8 Å². The van der Waals surface area contributed by atoms with E-state index >= 15 is 0 Å². The van der Waals surface area contributed by atoms with E-state index in [0.29, 0.717) is 18.3 Å². The summed E-state index contributed by atoms with van der Waals surface area (Å²) in [6.07, 6.45) is 1.24. The van der Waals surface area contributed by atoms with Gasteiger partial charge in [-0.1, -0.05) is 6.92 Å². The van der Waals surface area contributed by atoms with Gasteiger partial charge in [0.15, 0.2) is 0 Å². The van der Waals surface area contributed by atoms with Crippen molar-refractivity contribution in [3.8, 4) is 0 Å². The van der Waals surface area contributed by atoms with E-state index in [-0.39, 0.29) is 11.8 Å². The molecule has 3 nitrogen and oxygen atoms in total. The summed E-state index contributed by atoms with van der Waals surface area (Å²) >= 11 is 5.66. The van der Waals surface area contributed by atoms with E-state index in [0.717, 1.165) is 0 Å². The van der Waals surface area contributed by atoms with Crippen LogP contribution in [0.4, 0.5) is 0 Å². The third-order valence-electron chi connectivity index (χ3n) is 2.04. The quantitative estimate of drug-likeness (QED) is 0.686. The summed E-state index contributed by atoms with van der Waals surface area (Å²) in [6.45, 7) is 4.54. The minimum atomic E-state index is -2.85. The molecule has 0 spiro atoms. The molecule has 2 atom stereocenters. The molecule has 80 valence electrons. The Kier molecular flexibility index (Phi) is 5.92. The fourth-order valence-electron chi connectivity index (χ4n) is 0.807. The van der Waals surface area contributed by atoms with Gasteiger partial charge in [-0.15, -0.1) is 11.6 Å². The van der Waals surface area contributed by atoms with Gasteiger partial charge in [-0.2, -0.15) is 0 Å². The lowest BCUT2D eigenvalue weighted by Gasteiger charge is -2.18. The van der Waals surface area contributed by atoms with Crippen LogP contribution in [-0.2, 0) is 9.84 Å². The van der Waals surface area contributed by atoms with Crippen LogP contribution in [0.5, 0.6) is 0 Å². The van der Waals surface area contributed by atoms with Crippen LogP contribution < -0.4 is 5.32 Å². The molecule has 13 heavy (non-hydrogen) atoms. The van der Waals surface area contributed by atoms with Crippen LogP contribution in [0.2, 0.25) is 0 Å². The highest BCUT2D eigenvalue weighted by Crippen LogP contribution is 2.03. The van der Waals surface area contributed by atoms with Crippen molar-refractivity contribution in [3.05, 3.63) is 0 Å². The summed E-state index contributed by atoms with van der Waals surface area (Å²) in [7, 11) is -2.85. The Morgan fingerprint density at radius 1 is 1.38 bits per heavy atom. The smallest absolute Gasteiger partial charge is 0.148 e. The van der Waals surface area contributed by atoms with Crippen molar-refractivity contribution >= 4 is 21.4 Å². The molecular formula is C8H18ClNO2S. The van der Waals surface area contributed by atoms with Gasteiger partial charge in [-0.05, 0) is 12.8 Å². The predicted octanol–water partition coefficient (Wildman–Crippen LogP) is 0.884. The Labute approximate surface area is 85.8 Å². The van der Waals surface area contributed by atoms with Gasteiger partial charge in [0.1, 0.15) is 9.84 Å². The monoisotopic (exact) mass is 227 g/mol. The van der Waals surface area contributed by atoms with E-state index in [9.17, 15) is 8.42 Å². The van der Waals surface area contributed by atoms with Crippen LogP contribution in [0.15, 0.2) is 0 Å². The number of alkyl halides is 1. The van der Waals surface area contributed by atoms with Crippen molar-refractivity contribution in [1.29, 1.82) is 0 Å². The van der Waals surface area contributed by atoms with Crippen molar-refractivity contribution in [1.82, 2.24) is 5.32 Å². The van der Waals surface area contributed by atoms with Crippen LogP contribution in [0, 0.1) is 5.92 Å². The standard InChI is InChI=1S/C8H18ClNO2S/c1-7(6-9)8(2)10-4-5-13(3,11)12/h7-8,10H,4-6H2,1-3H3. The van der Waals surface area contributed by atoms with Crippen LogP contribution in [0.25, 0.3) is 0 Å². The Morgan fingerprint density at radius 2 is 1.92 bits per heavy atom. The molecule has 0 aromatic rings. The summed E-state index contributed by atoms with van der Waals surface area (Å²) in [5, 5.41) is 3.13. The molecule has 0 heterocycles. The second kappa shape index (κ2) is 5.83. The first-order valence-electron chi connectivity index (χ1n) is 4.34. The molecule has 0 aliphatic heterocycles. The van der Waals surface area contributed by atoms with E-state index in [1.165, 1.54) is 6.26 Å². The van der Waals surface area contributed by atoms with E-state index in [2.05, 4.69) is 5.32 Å². The maximum atomic E-state index is 10.8. The van der Waals surface area contributed by atoms with Crippen molar-refractivity contribution in [2.45, 2.75) is 19.9 Å². The van der Waals surface area contributed by atoms with Gasteiger partial charge in [0.25, 0.3) is 0 Å². The SMILES string of the molecule is CC(CCl)C(C)NCCS(C)(=O)=O. The average Bonchev–Trinajstić information content (AvgIpc) is 2.00. The van der Waals surface area contributed by atoms with Gasteiger partial charge in [0.2, 0.25) is 0 Å². The molecule has 0 aliphatic rings. The van der Waals surface area contributed by atoms with Crippen LogP contribution in [-0.4, -0.2) is 38.9 Å². The zero-order valence-corrected chi connectivity index (χ0v) is 9.95. The molecule has 0 aromatic heterocycles. The number of halogens is 1. The number of nitrogens with one attached hydrogen (secondary N) is 1. The topological polar surface area (TPSA) is 46.2 Å². The van der Waals surface area contributed by atoms with Crippen LogP contribution >= 0.6 is 11.6 Å². The van der Waals surface area contributed by atoms with E-state index in [1.807, 2.05) is 13.8 Å². The number of rotatable bonds is 6. The van der Waals surface area contributed by atoms with Gasteiger partial charge in [0.05, 0.1) is 5.75 Å². The van der Waals surface area contributed by atoms with Gasteiger partial charge in [-0.25, -0.2) is 8.42 Å². The Bertz CT molecular complexity index is 228. The molecule has 0 saturated heterocycles. The minimum Gasteiger partial charge on any atom is -0.313 e. The highest BCUT2D eigenvalue weighted by atomic mass is 35.5. The highest BCUT2D eigenvalue weighted by Gasteiger charge is 2.10. The molecule has 0 radical (unpaired) electrons. The fourth-order valence-corrected chi connectivity index (χ4v) is 1.56. The molecule has 0 rings (SSSR count). The lowest BCUT2D eigenvalue weighted by Crippen LogP contribution is -2.36. The molecule has 1 N–H and O–H groups in total. The first-order valence-corrected chi connectivity index (χ1v) is 6.93. The van der Waals surface area contributed by atoms with E-state index in [4.69, 9.17) is 11.6 Å². The fraction of sp³-hybridized carbons (Fsp3) is 1.00. The summed E-state index contributed by atoms with van der Waals surface area (Å²) in [5.41, 5.74) is 0. The molecule has 0 amide bonds. The number of hydrogen-bond acceptors (Lipinski definition) is 3. The maximum absolute atomic E-state index is 10.8. The van der Waals surface area contributed by atoms with Crippen molar-refractivity contribution in [3.63, 3.8) is 0 Å². The first kappa shape index (κ1) is 13.2. The molecule has 5 heteroatoms. The highest BCUT2D eigenvalue weighted by molar-refractivity contribution is 7.90. The third-order valence-corrected chi connectivity index (χ3v) is 3.47. The van der Waals surface area contributed by atoms with Gasteiger partial charge < -0.3 is 5.32 Å². The molecule has 0 saturated carbocycles. The maximum Gasteiger partial charge on any atom is 0.148 e. The van der Waals surface area contributed by atoms with Gasteiger partial charge in [0, 0.05) is 24.7 Å². The lowest BCUT2D eigenvalue weighted by atomic mass is 10.1. The predicted molar refractivity (Wildman–Crippen MR) is 57.1 cm³/mol. The Morgan fingerprint density at radius 3 is 2.31 bits per heavy atom. The molecule has 0 bridgehead atoms. The van der Waals surface area contributed by atoms with Crippen LogP contribution in [0.3, 0.4) is 0 Å². The van der Waals surface area contributed by atoms with E-state index < -0.39 is 9.84 Å². The molecular weight excluding hydrogens is 210 g/mol. The largest absolute Gasteiger partial charge is 0.313 e. The normalized spacial score (nSPS) is 16.9. The zero-order valence-electron chi connectivity index (χ0n) is 8.38. The van der Waals surface area contributed by atoms with E-state index in [1.54, 1.807) is 0 Å². The molecule has 0 aliphatic carbocycles. The van der Waals surface area contributed by atoms with Crippen molar-refractivity contribution in [2.24, 2.45) is 5.92 Å². The zero-order chi connectivity index (χ0) is 10.5. The number of hydrogen-bond donors (Lipinski definition) is 1. The second-order valence-electron chi connectivity index (χ2n) is 3.50. The average molecular weight is 228 g/mol. The van der Waals surface area contributed by atoms with Gasteiger partial charge >= 0.3 is 0 Å². The number of sulfone groups is 1. The Hall–Kier alpha value is 0.200. The molecule has 0 aromatic carbocycles. The molecule has 2 unspecified atom stereocenters.